The molecule has 4 nitrogen and oxygen atoms in total. The number of hydrogen-bond donors (Lipinski definition) is 1. The van der Waals surface area contributed by atoms with Crippen molar-refractivity contribution in [3.8, 4) is 0 Å². The number of nitrogens with zero attached hydrogens (tertiary/aromatic N) is 1. The van der Waals surface area contributed by atoms with Crippen LogP contribution in [0.4, 0.5) is 0 Å². The molecule has 14 heavy (non-hydrogen) atoms. The van der Waals surface area contributed by atoms with E-state index in [4.69, 9.17) is 10.5 Å². The fourth-order valence-corrected chi connectivity index (χ4v) is 0.981. The minimum atomic E-state index is -0.0732. The highest BCUT2D eigenvalue weighted by molar-refractivity contribution is 5.76. The Labute approximate surface area is 86.4 Å². The molecule has 0 heterocycles. The molecule has 1 atom stereocenters. The van der Waals surface area contributed by atoms with Crippen molar-refractivity contribution < 1.29 is 9.53 Å². The second kappa shape index (κ2) is 6.79. The summed E-state index contributed by atoms with van der Waals surface area (Å²) >= 11 is 0. The number of amides is 1. The first-order valence-corrected chi connectivity index (χ1v) is 5.04. The average molecular weight is 202 g/mol. The Hall–Kier alpha value is -0.610. The molecule has 1 amide bonds. The second-order valence-corrected chi connectivity index (χ2v) is 3.92. The number of ether oxygens (including phenoxy) is 1. The van der Waals surface area contributed by atoms with Gasteiger partial charge < -0.3 is 15.4 Å². The summed E-state index contributed by atoms with van der Waals surface area (Å²) < 4.78 is 5.34. The van der Waals surface area contributed by atoms with E-state index in [1.54, 1.807) is 11.9 Å². The minimum Gasteiger partial charge on any atom is -0.377 e. The van der Waals surface area contributed by atoms with E-state index in [9.17, 15) is 4.79 Å². The van der Waals surface area contributed by atoms with E-state index in [2.05, 4.69) is 0 Å². The van der Waals surface area contributed by atoms with Crippen molar-refractivity contribution in [3.63, 3.8) is 0 Å². The molecule has 0 radical (unpaired) electrons. The molecule has 84 valence electrons. The van der Waals surface area contributed by atoms with Crippen molar-refractivity contribution in [1.82, 2.24) is 4.90 Å². The van der Waals surface area contributed by atoms with E-state index < -0.39 is 0 Å². The van der Waals surface area contributed by atoms with E-state index in [0.717, 1.165) is 0 Å². The topological polar surface area (TPSA) is 55.6 Å². The maximum absolute atomic E-state index is 11.4. The number of rotatable bonds is 6. The first kappa shape index (κ1) is 13.4. The lowest BCUT2D eigenvalue weighted by Crippen LogP contribution is -2.34. The van der Waals surface area contributed by atoms with Crippen molar-refractivity contribution in [3.05, 3.63) is 0 Å². The summed E-state index contributed by atoms with van der Waals surface area (Å²) in [5.74, 6) is 0.0763. The monoisotopic (exact) mass is 202 g/mol. The van der Waals surface area contributed by atoms with Gasteiger partial charge in [0.05, 0.1) is 12.7 Å². The normalized spacial score (nSPS) is 13.0. The number of carbonyl (C=O) groups excluding carboxylic acids is 1. The van der Waals surface area contributed by atoms with Crippen LogP contribution < -0.4 is 5.73 Å². The Balaban J connectivity index is 3.62. The zero-order valence-electron chi connectivity index (χ0n) is 9.62. The SMILES string of the molecule is CC(N)CC(=O)N(C)CCOC(C)C. The Bertz CT molecular complexity index is 170. The lowest BCUT2D eigenvalue weighted by Gasteiger charge is -2.19. The van der Waals surface area contributed by atoms with Gasteiger partial charge in [0.1, 0.15) is 0 Å². The summed E-state index contributed by atoms with van der Waals surface area (Å²) in [5, 5.41) is 0. The molecular formula is C10H22N2O2. The fourth-order valence-electron chi connectivity index (χ4n) is 0.981. The van der Waals surface area contributed by atoms with Crippen molar-refractivity contribution in [1.29, 1.82) is 0 Å². The van der Waals surface area contributed by atoms with Crippen LogP contribution in [0, 0.1) is 0 Å². The van der Waals surface area contributed by atoms with Gasteiger partial charge in [0.15, 0.2) is 0 Å². The molecular weight excluding hydrogens is 180 g/mol. The van der Waals surface area contributed by atoms with Crippen LogP contribution in [0.1, 0.15) is 27.2 Å². The molecule has 0 aromatic heterocycles. The molecule has 0 aliphatic rings. The molecule has 1 unspecified atom stereocenters. The van der Waals surface area contributed by atoms with Crippen LogP contribution in [0.25, 0.3) is 0 Å². The molecule has 0 aromatic carbocycles. The molecule has 2 N–H and O–H groups in total. The molecule has 4 heteroatoms. The number of hydrogen-bond acceptors (Lipinski definition) is 3. The van der Waals surface area contributed by atoms with Gasteiger partial charge in [-0.3, -0.25) is 4.79 Å². The van der Waals surface area contributed by atoms with Gasteiger partial charge in [-0.25, -0.2) is 0 Å². The van der Waals surface area contributed by atoms with E-state index in [1.807, 2.05) is 20.8 Å². The Morgan fingerprint density at radius 1 is 1.43 bits per heavy atom. The predicted molar refractivity (Wildman–Crippen MR) is 57.0 cm³/mol. The maximum Gasteiger partial charge on any atom is 0.223 e. The van der Waals surface area contributed by atoms with Gasteiger partial charge in [-0.05, 0) is 20.8 Å². The highest BCUT2D eigenvalue weighted by atomic mass is 16.5. The van der Waals surface area contributed by atoms with Gasteiger partial charge in [0.2, 0.25) is 5.91 Å². The molecule has 0 rings (SSSR count). The van der Waals surface area contributed by atoms with Crippen molar-refractivity contribution >= 4 is 5.91 Å². The number of nitrogens with two attached hydrogens (primary N) is 1. The summed E-state index contributed by atoms with van der Waals surface area (Å²) in [6.07, 6.45) is 0.616. The van der Waals surface area contributed by atoms with Gasteiger partial charge in [-0.2, -0.15) is 0 Å². The summed E-state index contributed by atoms with van der Waals surface area (Å²) in [5.41, 5.74) is 5.53. The highest BCUT2D eigenvalue weighted by Crippen LogP contribution is 1.95. The molecule has 0 aliphatic carbocycles. The van der Waals surface area contributed by atoms with Gasteiger partial charge in [-0.15, -0.1) is 0 Å². The predicted octanol–water partition coefficient (Wildman–Crippen LogP) is 0.607. The lowest BCUT2D eigenvalue weighted by molar-refractivity contribution is -0.131. The molecule has 0 aliphatic heterocycles. The smallest absolute Gasteiger partial charge is 0.223 e. The van der Waals surface area contributed by atoms with Crippen LogP contribution in [0.2, 0.25) is 0 Å². The van der Waals surface area contributed by atoms with Crippen LogP contribution in [0.15, 0.2) is 0 Å². The van der Waals surface area contributed by atoms with Crippen molar-refractivity contribution in [2.75, 3.05) is 20.2 Å². The van der Waals surface area contributed by atoms with Crippen LogP contribution in [0.3, 0.4) is 0 Å². The van der Waals surface area contributed by atoms with Crippen LogP contribution in [-0.2, 0) is 9.53 Å². The average Bonchev–Trinajstić information content (AvgIpc) is 2.01. The van der Waals surface area contributed by atoms with Gasteiger partial charge in [0, 0.05) is 26.1 Å². The summed E-state index contributed by atoms with van der Waals surface area (Å²) in [7, 11) is 1.77. The highest BCUT2D eigenvalue weighted by Gasteiger charge is 2.10. The fraction of sp³-hybridized carbons (Fsp3) is 0.900. The third-order valence-electron chi connectivity index (χ3n) is 1.80. The summed E-state index contributed by atoms with van der Waals surface area (Å²) in [4.78, 5) is 13.1. The second-order valence-electron chi connectivity index (χ2n) is 3.92. The van der Waals surface area contributed by atoms with Gasteiger partial charge in [0.25, 0.3) is 0 Å². The van der Waals surface area contributed by atoms with E-state index >= 15 is 0 Å². The molecule has 0 saturated carbocycles. The van der Waals surface area contributed by atoms with Gasteiger partial charge >= 0.3 is 0 Å². The first-order valence-electron chi connectivity index (χ1n) is 5.04. The summed E-state index contributed by atoms with van der Waals surface area (Å²) in [6.45, 7) is 6.99. The zero-order chi connectivity index (χ0) is 11.1. The van der Waals surface area contributed by atoms with Crippen molar-refractivity contribution in [2.45, 2.75) is 39.3 Å². The molecule has 0 bridgehead atoms. The quantitative estimate of drug-likeness (QED) is 0.686. The molecule has 0 aromatic rings. The number of likely N-dealkylation sites (N-methyl/N-ethyl adjacent to an activating group) is 1. The molecule has 0 saturated heterocycles. The van der Waals surface area contributed by atoms with E-state index in [1.165, 1.54) is 0 Å². The third-order valence-corrected chi connectivity index (χ3v) is 1.80. The zero-order valence-corrected chi connectivity index (χ0v) is 9.62. The maximum atomic E-state index is 11.4. The molecule has 0 spiro atoms. The minimum absolute atomic E-state index is 0.0732. The molecule has 0 fully saturated rings. The lowest BCUT2D eigenvalue weighted by atomic mass is 10.2. The standard InChI is InChI=1S/C10H22N2O2/c1-8(2)14-6-5-12(4)10(13)7-9(3)11/h8-9H,5-7,11H2,1-4H3. The largest absolute Gasteiger partial charge is 0.377 e. The van der Waals surface area contributed by atoms with E-state index in [-0.39, 0.29) is 18.1 Å². The van der Waals surface area contributed by atoms with Gasteiger partial charge in [-0.1, -0.05) is 0 Å². The van der Waals surface area contributed by atoms with Crippen LogP contribution in [-0.4, -0.2) is 43.2 Å². The van der Waals surface area contributed by atoms with Crippen LogP contribution >= 0.6 is 0 Å². The first-order chi connectivity index (χ1) is 6.43. The van der Waals surface area contributed by atoms with E-state index in [0.29, 0.717) is 19.6 Å². The van der Waals surface area contributed by atoms with Crippen molar-refractivity contribution in [2.24, 2.45) is 5.73 Å². The Morgan fingerprint density at radius 2 is 2.00 bits per heavy atom. The Kier molecular flexibility index (Phi) is 6.49. The third kappa shape index (κ3) is 6.86. The summed E-state index contributed by atoms with van der Waals surface area (Å²) in [6, 6.07) is -0.0732. The van der Waals surface area contributed by atoms with Crippen LogP contribution in [0.5, 0.6) is 0 Å². The number of carbonyl (C=O) groups is 1. The Morgan fingerprint density at radius 3 is 2.43 bits per heavy atom.